The molecule has 0 saturated carbocycles. The summed E-state index contributed by atoms with van der Waals surface area (Å²) in [6.07, 6.45) is 1.79. The number of carboxylic acids is 1. The summed E-state index contributed by atoms with van der Waals surface area (Å²) in [4.78, 5) is 66.5. The molecular weight excluding hydrogens is 540 g/mol. The summed E-state index contributed by atoms with van der Waals surface area (Å²) in [7, 11) is 0. The van der Waals surface area contributed by atoms with Crippen LogP contribution in [0.15, 0.2) is 60.8 Å². The number of H-pyrrole nitrogens is 1. The highest BCUT2D eigenvalue weighted by atomic mass is 16.4. The van der Waals surface area contributed by atoms with E-state index in [0.29, 0.717) is 17.5 Å². The fraction of sp³-hybridized carbons (Fsp3) is 0.367. The van der Waals surface area contributed by atoms with Crippen LogP contribution in [0.4, 0.5) is 0 Å². The highest BCUT2D eigenvalue weighted by Gasteiger charge is 2.32. The number of carboxylic acid groups (broad SMARTS) is 1. The van der Waals surface area contributed by atoms with Crippen LogP contribution in [-0.2, 0) is 36.8 Å². The van der Waals surface area contributed by atoms with E-state index in [1.54, 1.807) is 43.5 Å². The molecule has 12 heteroatoms. The minimum Gasteiger partial charge on any atom is -0.480 e. The van der Waals surface area contributed by atoms with Gasteiger partial charge in [0.2, 0.25) is 23.6 Å². The molecule has 3 rings (SSSR count). The lowest BCUT2D eigenvalue weighted by molar-refractivity contribution is -0.142. The summed E-state index contributed by atoms with van der Waals surface area (Å²) in [5, 5.41) is 18.3. The van der Waals surface area contributed by atoms with Crippen molar-refractivity contribution in [2.45, 2.75) is 63.7 Å². The lowest BCUT2D eigenvalue weighted by Crippen LogP contribution is -2.58. The van der Waals surface area contributed by atoms with Crippen molar-refractivity contribution in [3.05, 3.63) is 71.9 Å². The zero-order chi connectivity index (χ0) is 30.8. The Hall–Kier alpha value is -4.71. The van der Waals surface area contributed by atoms with Gasteiger partial charge in [-0.05, 0) is 23.1 Å². The Morgan fingerprint density at radius 3 is 2.07 bits per heavy atom. The molecule has 9 N–H and O–H groups in total. The Morgan fingerprint density at radius 2 is 1.43 bits per heavy atom. The van der Waals surface area contributed by atoms with Crippen LogP contribution in [0.5, 0.6) is 0 Å². The third-order valence-corrected chi connectivity index (χ3v) is 7.23. The molecule has 0 radical (unpaired) electrons. The Bertz CT molecular complexity index is 1410. The van der Waals surface area contributed by atoms with E-state index in [-0.39, 0.29) is 18.8 Å². The standard InChI is InChI=1S/C30H38N6O6/c1-3-17(2)26(32)29(40)35-23(15-25(31)37)28(39)34-22(13-18-9-5-4-6-10-18)27(38)36-24(30(41)42)14-19-16-33-21-12-8-7-11-20(19)21/h4-12,16-17,22-24,26,33H,3,13-15,32H2,1-2H3,(H2,31,37)(H,34,39)(H,35,40)(H,36,38)(H,41,42). The number of aromatic nitrogens is 1. The van der Waals surface area contributed by atoms with Gasteiger partial charge in [-0.2, -0.15) is 0 Å². The number of carbonyl (C=O) groups excluding carboxylic acids is 4. The molecule has 2 aromatic carbocycles. The van der Waals surface area contributed by atoms with Crippen LogP contribution >= 0.6 is 0 Å². The molecule has 1 aromatic heterocycles. The van der Waals surface area contributed by atoms with Crippen molar-refractivity contribution in [3.63, 3.8) is 0 Å². The Kier molecular flexibility index (Phi) is 11.2. The molecule has 0 aliphatic rings. The van der Waals surface area contributed by atoms with Gasteiger partial charge in [-0.3, -0.25) is 19.2 Å². The Morgan fingerprint density at radius 1 is 0.833 bits per heavy atom. The number of amides is 4. The molecule has 0 fully saturated rings. The minimum absolute atomic E-state index is 0.00898. The van der Waals surface area contributed by atoms with Gasteiger partial charge in [0.25, 0.3) is 0 Å². The largest absolute Gasteiger partial charge is 0.480 e. The number of hydrogen-bond acceptors (Lipinski definition) is 6. The van der Waals surface area contributed by atoms with E-state index in [4.69, 9.17) is 11.5 Å². The number of rotatable bonds is 15. The SMILES string of the molecule is CCC(C)C(N)C(=O)NC(CC(N)=O)C(=O)NC(Cc1ccccc1)C(=O)NC(Cc1c[nH]c2ccccc12)C(=O)O. The Balaban J connectivity index is 1.82. The number of hydrogen-bond donors (Lipinski definition) is 7. The van der Waals surface area contributed by atoms with Crippen LogP contribution in [0.1, 0.15) is 37.8 Å². The van der Waals surface area contributed by atoms with E-state index >= 15 is 0 Å². The third-order valence-electron chi connectivity index (χ3n) is 7.23. The van der Waals surface area contributed by atoms with Gasteiger partial charge in [-0.25, -0.2) is 4.79 Å². The molecule has 0 saturated heterocycles. The molecule has 5 unspecified atom stereocenters. The first kappa shape index (κ1) is 31.8. The van der Waals surface area contributed by atoms with Crippen molar-refractivity contribution in [2.75, 3.05) is 0 Å². The van der Waals surface area contributed by atoms with E-state index in [1.807, 2.05) is 31.2 Å². The fourth-order valence-electron chi connectivity index (χ4n) is 4.51. The molecule has 42 heavy (non-hydrogen) atoms. The van der Waals surface area contributed by atoms with Gasteiger partial charge in [0.05, 0.1) is 12.5 Å². The zero-order valence-corrected chi connectivity index (χ0v) is 23.6. The minimum atomic E-state index is -1.39. The van der Waals surface area contributed by atoms with Crippen molar-refractivity contribution in [2.24, 2.45) is 17.4 Å². The van der Waals surface area contributed by atoms with Gasteiger partial charge in [-0.15, -0.1) is 0 Å². The first-order valence-electron chi connectivity index (χ1n) is 13.8. The summed E-state index contributed by atoms with van der Waals surface area (Å²) >= 11 is 0. The van der Waals surface area contributed by atoms with Crippen LogP contribution < -0.4 is 27.4 Å². The number of nitrogens with two attached hydrogens (primary N) is 2. The highest BCUT2D eigenvalue weighted by Crippen LogP contribution is 2.19. The Labute approximate surface area is 243 Å². The summed E-state index contributed by atoms with van der Waals surface area (Å²) in [5.41, 5.74) is 13.5. The quantitative estimate of drug-likeness (QED) is 0.137. The van der Waals surface area contributed by atoms with Gasteiger partial charge in [-0.1, -0.05) is 68.8 Å². The van der Waals surface area contributed by atoms with Crippen LogP contribution in [0.25, 0.3) is 10.9 Å². The average Bonchev–Trinajstić information content (AvgIpc) is 3.38. The number of benzene rings is 2. The maximum Gasteiger partial charge on any atom is 0.326 e. The second kappa shape index (κ2) is 14.8. The fourth-order valence-corrected chi connectivity index (χ4v) is 4.51. The number of primary amides is 1. The number of aromatic amines is 1. The molecule has 12 nitrogen and oxygen atoms in total. The van der Waals surface area contributed by atoms with Crippen molar-refractivity contribution < 1.29 is 29.1 Å². The second-order valence-electron chi connectivity index (χ2n) is 10.4. The summed E-state index contributed by atoms with van der Waals surface area (Å²) in [6.45, 7) is 3.64. The molecule has 4 amide bonds. The molecule has 0 aliphatic heterocycles. The van der Waals surface area contributed by atoms with Crippen LogP contribution in [0.3, 0.4) is 0 Å². The van der Waals surface area contributed by atoms with Gasteiger partial charge in [0, 0.05) is 29.9 Å². The van der Waals surface area contributed by atoms with E-state index in [0.717, 1.165) is 10.9 Å². The predicted octanol–water partition coefficient (Wildman–Crippen LogP) is 0.741. The highest BCUT2D eigenvalue weighted by molar-refractivity contribution is 5.96. The van der Waals surface area contributed by atoms with Gasteiger partial charge >= 0.3 is 5.97 Å². The lowest BCUT2D eigenvalue weighted by Gasteiger charge is -2.26. The maximum atomic E-state index is 13.5. The van der Waals surface area contributed by atoms with E-state index in [2.05, 4.69) is 20.9 Å². The van der Waals surface area contributed by atoms with Gasteiger partial charge in [0.1, 0.15) is 18.1 Å². The van der Waals surface area contributed by atoms with Crippen molar-refractivity contribution >= 4 is 40.5 Å². The summed E-state index contributed by atoms with van der Waals surface area (Å²) < 4.78 is 0. The average molecular weight is 579 g/mol. The zero-order valence-electron chi connectivity index (χ0n) is 23.6. The molecule has 0 aliphatic carbocycles. The van der Waals surface area contributed by atoms with Crippen LogP contribution in [0, 0.1) is 5.92 Å². The number of nitrogens with one attached hydrogen (secondary N) is 4. The molecule has 3 aromatic rings. The molecular formula is C30H38N6O6. The summed E-state index contributed by atoms with van der Waals surface area (Å²) in [5.74, 6) is -4.51. The first-order valence-corrected chi connectivity index (χ1v) is 13.8. The monoisotopic (exact) mass is 578 g/mol. The molecule has 0 bridgehead atoms. The number of fused-ring (bicyclic) bond motifs is 1. The molecule has 224 valence electrons. The normalized spacial score (nSPS) is 14.6. The predicted molar refractivity (Wildman–Crippen MR) is 157 cm³/mol. The molecule has 5 atom stereocenters. The van der Waals surface area contributed by atoms with E-state index in [1.165, 1.54) is 0 Å². The van der Waals surface area contributed by atoms with Crippen LogP contribution in [-0.4, -0.2) is 63.9 Å². The lowest BCUT2D eigenvalue weighted by atomic mass is 9.98. The van der Waals surface area contributed by atoms with Crippen LogP contribution in [0.2, 0.25) is 0 Å². The number of aliphatic carboxylic acids is 1. The van der Waals surface area contributed by atoms with Crippen molar-refractivity contribution in [1.82, 2.24) is 20.9 Å². The van der Waals surface area contributed by atoms with Crippen molar-refractivity contribution in [1.29, 1.82) is 0 Å². The third kappa shape index (κ3) is 8.64. The van der Waals surface area contributed by atoms with Crippen molar-refractivity contribution in [3.8, 4) is 0 Å². The summed E-state index contributed by atoms with van der Waals surface area (Å²) in [6, 6.07) is 11.3. The number of carbonyl (C=O) groups is 5. The van der Waals surface area contributed by atoms with Gasteiger partial charge < -0.3 is 37.5 Å². The van der Waals surface area contributed by atoms with E-state index < -0.39 is 60.2 Å². The molecule has 0 spiro atoms. The van der Waals surface area contributed by atoms with Gasteiger partial charge in [0.15, 0.2) is 0 Å². The first-order chi connectivity index (χ1) is 20.0. The topological polar surface area (TPSA) is 209 Å². The second-order valence-corrected chi connectivity index (χ2v) is 10.4. The smallest absolute Gasteiger partial charge is 0.326 e. The number of para-hydroxylation sites is 1. The maximum absolute atomic E-state index is 13.5. The molecule has 1 heterocycles. The van der Waals surface area contributed by atoms with E-state index in [9.17, 15) is 29.1 Å².